The number of carbonyl (C=O) groups excluding carboxylic acids is 2. The largest absolute Gasteiger partial charge is 0.469 e. The Bertz CT molecular complexity index is 540. The topological polar surface area (TPSA) is 46.6 Å². The number of fused-ring (bicyclic) bond motifs is 1. The Morgan fingerprint density at radius 1 is 1.35 bits per heavy atom. The van der Waals surface area contributed by atoms with Gasteiger partial charge in [-0.25, -0.2) is 0 Å². The molecule has 1 aliphatic carbocycles. The zero-order chi connectivity index (χ0) is 14.1. The van der Waals surface area contributed by atoms with E-state index in [-0.39, 0.29) is 30.3 Å². The average Bonchev–Trinajstić information content (AvgIpc) is 2.87. The maximum absolute atomic E-state index is 12.2. The normalized spacial score (nSPS) is 25.4. The van der Waals surface area contributed by atoms with Crippen LogP contribution in [0, 0.1) is 5.92 Å². The van der Waals surface area contributed by atoms with E-state index in [2.05, 4.69) is 12.1 Å². The number of rotatable bonds is 2. The number of carbonyl (C=O) groups is 2. The molecule has 1 aromatic rings. The Balaban J connectivity index is 1.84. The lowest BCUT2D eigenvalue weighted by Gasteiger charge is -2.33. The zero-order valence-electron chi connectivity index (χ0n) is 11.7. The predicted molar refractivity (Wildman–Crippen MR) is 74.0 cm³/mol. The highest BCUT2D eigenvalue weighted by molar-refractivity contribution is 5.87. The minimum atomic E-state index is -0.304. The molecule has 0 radical (unpaired) electrons. The molecule has 1 aromatic carbocycles. The predicted octanol–water partition coefficient (Wildman–Crippen LogP) is 2.09. The fourth-order valence-corrected chi connectivity index (χ4v) is 3.41. The van der Waals surface area contributed by atoms with Crippen LogP contribution in [-0.4, -0.2) is 30.4 Å². The SMILES string of the molecule is COC(=O)C1CC(=O)N(C2CCCc3ccccc32)C1. The number of hydrogen-bond donors (Lipinski definition) is 0. The van der Waals surface area contributed by atoms with E-state index >= 15 is 0 Å². The van der Waals surface area contributed by atoms with Crippen molar-refractivity contribution in [2.45, 2.75) is 31.7 Å². The molecule has 1 aliphatic heterocycles. The van der Waals surface area contributed by atoms with E-state index in [1.165, 1.54) is 18.2 Å². The number of nitrogens with zero attached hydrogens (tertiary/aromatic N) is 1. The molecule has 4 nitrogen and oxygen atoms in total. The molecular formula is C16H19NO3. The van der Waals surface area contributed by atoms with Gasteiger partial charge in [0.1, 0.15) is 0 Å². The van der Waals surface area contributed by atoms with Gasteiger partial charge in [-0.05, 0) is 30.4 Å². The molecule has 1 fully saturated rings. The lowest BCUT2D eigenvalue weighted by Crippen LogP contribution is -2.33. The van der Waals surface area contributed by atoms with Gasteiger partial charge in [-0.15, -0.1) is 0 Å². The van der Waals surface area contributed by atoms with Gasteiger partial charge in [-0.3, -0.25) is 9.59 Å². The van der Waals surface area contributed by atoms with Crippen LogP contribution in [0.4, 0.5) is 0 Å². The van der Waals surface area contributed by atoms with Crippen LogP contribution in [0.25, 0.3) is 0 Å². The van der Waals surface area contributed by atoms with E-state index in [9.17, 15) is 9.59 Å². The molecule has 106 valence electrons. The lowest BCUT2D eigenvalue weighted by atomic mass is 9.87. The average molecular weight is 273 g/mol. The molecule has 0 bridgehead atoms. The highest BCUT2D eigenvalue weighted by atomic mass is 16.5. The third-order valence-corrected chi connectivity index (χ3v) is 4.41. The highest BCUT2D eigenvalue weighted by Gasteiger charge is 2.39. The van der Waals surface area contributed by atoms with E-state index in [1.54, 1.807) is 0 Å². The Hall–Kier alpha value is -1.84. The van der Waals surface area contributed by atoms with Gasteiger partial charge in [-0.1, -0.05) is 24.3 Å². The molecule has 4 heteroatoms. The number of amides is 1. The van der Waals surface area contributed by atoms with Crippen molar-refractivity contribution in [1.82, 2.24) is 4.90 Å². The van der Waals surface area contributed by atoms with Gasteiger partial charge >= 0.3 is 5.97 Å². The first-order valence-corrected chi connectivity index (χ1v) is 7.16. The first-order chi connectivity index (χ1) is 9.70. The fourth-order valence-electron chi connectivity index (χ4n) is 3.41. The summed E-state index contributed by atoms with van der Waals surface area (Å²) < 4.78 is 4.77. The van der Waals surface area contributed by atoms with Crippen molar-refractivity contribution in [2.75, 3.05) is 13.7 Å². The zero-order valence-corrected chi connectivity index (χ0v) is 11.7. The molecule has 0 aromatic heterocycles. The molecule has 0 N–H and O–H groups in total. The summed E-state index contributed by atoms with van der Waals surface area (Å²) >= 11 is 0. The van der Waals surface area contributed by atoms with Crippen molar-refractivity contribution in [2.24, 2.45) is 5.92 Å². The summed E-state index contributed by atoms with van der Waals surface area (Å²) in [6.07, 6.45) is 3.44. The van der Waals surface area contributed by atoms with Gasteiger partial charge in [0, 0.05) is 13.0 Å². The Morgan fingerprint density at radius 3 is 2.95 bits per heavy atom. The summed E-state index contributed by atoms with van der Waals surface area (Å²) in [5.41, 5.74) is 2.58. The first kappa shape index (κ1) is 13.2. The van der Waals surface area contributed by atoms with Crippen LogP contribution in [-0.2, 0) is 20.7 Å². The van der Waals surface area contributed by atoms with Gasteiger partial charge in [0.2, 0.25) is 5.91 Å². The van der Waals surface area contributed by atoms with Crippen molar-refractivity contribution in [1.29, 1.82) is 0 Å². The molecule has 3 rings (SSSR count). The second kappa shape index (κ2) is 5.27. The number of likely N-dealkylation sites (tertiary alicyclic amines) is 1. The molecule has 2 atom stereocenters. The molecule has 20 heavy (non-hydrogen) atoms. The monoisotopic (exact) mass is 273 g/mol. The number of esters is 1. The fraction of sp³-hybridized carbons (Fsp3) is 0.500. The lowest BCUT2D eigenvalue weighted by molar-refractivity contribution is -0.145. The number of benzene rings is 1. The second-order valence-electron chi connectivity index (χ2n) is 5.58. The summed E-state index contributed by atoms with van der Waals surface area (Å²) in [5.74, 6) is -0.506. The third kappa shape index (κ3) is 2.19. The highest BCUT2D eigenvalue weighted by Crippen LogP contribution is 2.37. The van der Waals surface area contributed by atoms with Crippen molar-refractivity contribution in [3.05, 3.63) is 35.4 Å². The molecule has 0 saturated carbocycles. The van der Waals surface area contributed by atoms with Crippen molar-refractivity contribution in [3.63, 3.8) is 0 Å². The molecule has 2 aliphatic rings. The Morgan fingerprint density at radius 2 is 2.15 bits per heavy atom. The standard InChI is InChI=1S/C16H19NO3/c1-20-16(19)12-9-15(18)17(10-12)14-8-4-6-11-5-2-3-7-13(11)14/h2-3,5,7,12,14H,4,6,8-10H2,1H3. The third-order valence-electron chi connectivity index (χ3n) is 4.41. The maximum Gasteiger partial charge on any atom is 0.310 e. The van der Waals surface area contributed by atoms with Crippen molar-refractivity contribution >= 4 is 11.9 Å². The van der Waals surface area contributed by atoms with Gasteiger partial charge in [0.15, 0.2) is 0 Å². The summed E-state index contributed by atoms with van der Waals surface area (Å²) in [4.78, 5) is 25.7. The molecule has 0 spiro atoms. The van der Waals surface area contributed by atoms with Crippen molar-refractivity contribution < 1.29 is 14.3 Å². The van der Waals surface area contributed by atoms with Gasteiger partial charge < -0.3 is 9.64 Å². The summed E-state index contributed by atoms with van der Waals surface area (Å²) in [5, 5.41) is 0. The van der Waals surface area contributed by atoms with Gasteiger partial charge in [-0.2, -0.15) is 0 Å². The first-order valence-electron chi connectivity index (χ1n) is 7.16. The summed E-state index contributed by atoms with van der Waals surface area (Å²) in [7, 11) is 1.38. The quantitative estimate of drug-likeness (QED) is 0.775. The van der Waals surface area contributed by atoms with Crippen LogP contribution >= 0.6 is 0 Å². The van der Waals surface area contributed by atoms with Crippen LogP contribution in [0.15, 0.2) is 24.3 Å². The Kier molecular flexibility index (Phi) is 3.47. The minimum Gasteiger partial charge on any atom is -0.469 e. The smallest absolute Gasteiger partial charge is 0.310 e. The minimum absolute atomic E-state index is 0.0714. The molecule has 1 heterocycles. The summed E-state index contributed by atoms with van der Waals surface area (Å²) in [6, 6.07) is 8.44. The molecular weight excluding hydrogens is 254 g/mol. The molecule has 1 saturated heterocycles. The van der Waals surface area contributed by atoms with Crippen LogP contribution in [0.2, 0.25) is 0 Å². The Labute approximate surface area is 118 Å². The van der Waals surface area contributed by atoms with Crippen LogP contribution in [0.3, 0.4) is 0 Å². The number of aryl methyl sites for hydroxylation is 1. The second-order valence-corrected chi connectivity index (χ2v) is 5.58. The summed E-state index contributed by atoms with van der Waals surface area (Å²) in [6.45, 7) is 0.491. The number of methoxy groups -OCH3 is 1. The van der Waals surface area contributed by atoms with E-state index in [4.69, 9.17) is 4.74 Å². The molecule has 2 unspecified atom stereocenters. The molecule has 1 amide bonds. The van der Waals surface area contributed by atoms with E-state index in [0.29, 0.717) is 6.54 Å². The van der Waals surface area contributed by atoms with Crippen LogP contribution in [0.5, 0.6) is 0 Å². The number of ether oxygens (including phenoxy) is 1. The van der Waals surface area contributed by atoms with E-state index in [0.717, 1.165) is 19.3 Å². The van der Waals surface area contributed by atoms with Gasteiger partial charge in [0.25, 0.3) is 0 Å². The van der Waals surface area contributed by atoms with Crippen molar-refractivity contribution in [3.8, 4) is 0 Å². The van der Waals surface area contributed by atoms with Gasteiger partial charge in [0.05, 0.1) is 19.1 Å². The van der Waals surface area contributed by atoms with Crippen LogP contribution in [0.1, 0.15) is 36.4 Å². The van der Waals surface area contributed by atoms with E-state index in [1.807, 2.05) is 17.0 Å². The van der Waals surface area contributed by atoms with Crippen LogP contribution < -0.4 is 0 Å². The maximum atomic E-state index is 12.2. The van der Waals surface area contributed by atoms with E-state index < -0.39 is 0 Å². The number of hydrogen-bond acceptors (Lipinski definition) is 3.